The molecule has 2 heterocycles. The van der Waals surface area contributed by atoms with Crippen LogP contribution in [0, 0.1) is 6.92 Å². The maximum absolute atomic E-state index is 12.9. The number of phenolic OH excluding ortho intramolecular Hbond substituents is 1. The number of ketones is 1. The van der Waals surface area contributed by atoms with Crippen molar-refractivity contribution in [3.05, 3.63) is 81.5 Å². The number of anilines is 1. The quantitative estimate of drug-likeness (QED) is 0.351. The largest absolute Gasteiger partial charge is 0.508 e. The smallest absolute Gasteiger partial charge is 0.301 e. The molecular formula is C21H15BrN2O5. The van der Waals surface area contributed by atoms with Gasteiger partial charge in [-0.15, -0.1) is 0 Å². The third kappa shape index (κ3) is 3.31. The Morgan fingerprint density at radius 2 is 1.76 bits per heavy atom. The molecule has 0 unspecified atom stereocenters. The highest BCUT2D eigenvalue weighted by molar-refractivity contribution is 9.10. The molecule has 2 aromatic carbocycles. The van der Waals surface area contributed by atoms with Crippen molar-refractivity contribution in [2.75, 3.05) is 4.90 Å². The number of amides is 1. The zero-order valence-electron chi connectivity index (χ0n) is 15.2. The minimum absolute atomic E-state index is 0.0379. The monoisotopic (exact) mass is 454 g/mol. The Morgan fingerprint density at radius 3 is 2.34 bits per heavy atom. The van der Waals surface area contributed by atoms with Crippen LogP contribution in [0.2, 0.25) is 0 Å². The molecule has 1 aromatic heterocycles. The van der Waals surface area contributed by atoms with Gasteiger partial charge in [-0.05, 0) is 36.8 Å². The van der Waals surface area contributed by atoms with E-state index in [4.69, 9.17) is 4.52 Å². The van der Waals surface area contributed by atoms with Crippen LogP contribution in [0.5, 0.6) is 5.75 Å². The van der Waals surface area contributed by atoms with Gasteiger partial charge in [-0.2, -0.15) is 0 Å². The number of carbonyl (C=O) groups excluding carboxylic acids is 2. The molecule has 0 aliphatic carbocycles. The molecule has 7 nitrogen and oxygen atoms in total. The maximum Gasteiger partial charge on any atom is 0.301 e. The van der Waals surface area contributed by atoms with Crippen LogP contribution in [0.4, 0.5) is 5.82 Å². The first-order chi connectivity index (χ1) is 13.9. The van der Waals surface area contributed by atoms with Crippen LogP contribution in [0.1, 0.15) is 22.9 Å². The number of phenols is 1. The molecule has 1 aliphatic rings. The van der Waals surface area contributed by atoms with E-state index < -0.39 is 17.7 Å². The van der Waals surface area contributed by atoms with Gasteiger partial charge in [-0.1, -0.05) is 45.4 Å². The zero-order valence-corrected chi connectivity index (χ0v) is 16.8. The van der Waals surface area contributed by atoms with Crippen LogP contribution in [-0.2, 0) is 9.59 Å². The first-order valence-electron chi connectivity index (χ1n) is 8.66. The zero-order chi connectivity index (χ0) is 20.7. The van der Waals surface area contributed by atoms with Crippen LogP contribution >= 0.6 is 15.9 Å². The van der Waals surface area contributed by atoms with Crippen molar-refractivity contribution in [3.63, 3.8) is 0 Å². The summed E-state index contributed by atoms with van der Waals surface area (Å²) >= 11 is 3.33. The number of nitrogens with zero attached hydrogens (tertiary/aromatic N) is 2. The topological polar surface area (TPSA) is 104 Å². The van der Waals surface area contributed by atoms with Gasteiger partial charge < -0.3 is 14.7 Å². The summed E-state index contributed by atoms with van der Waals surface area (Å²) < 4.78 is 5.89. The van der Waals surface area contributed by atoms with Crippen molar-refractivity contribution in [2.24, 2.45) is 0 Å². The highest BCUT2D eigenvalue weighted by Gasteiger charge is 2.48. The summed E-state index contributed by atoms with van der Waals surface area (Å²) in [5, 5.41) is 24.4. The predicted molar refractivity (Wildman–Crippen MR) is 108 cm³/mol. The second-order valence-corrected chi connectivity index (χ2v) is 7.48. The van der Waals surface area contributed by atoms with Crippen LogP contribution in [0.25, 0.3) is 5.76 Å². The number of carbonyl (C=O) groups is 2. The average Bonchev–Trinajstić information content (AvgIpc) is 3.24. The molecule has 0 radical (unpaired) electrons. The summed E-state index contributed by atoms with van der Waals surface area (Å²) in [6.45, 7) is 1.67. The fourth-order valence-corrected chi connectivity index (χ4v) is 3.54. The van der Waals surface area contributed by atoms with E-state index in [0.717, 1.165) is 4.47 Å². The molecule has 3 aromatic rings. The van der Waals surface area contributed by atoms with Crippen molar-refractivity contribution in [1.29, 1.82) is 0 Å². The lowest BCUT2D eigenvalue weighted by molar-refractivity contribution is -0.132. The van der Waals surface area contributed by atoms with Gasteiger partial charge in [0, 0.05) is 16.1 Å². The third-order valence-electron chi connectivity index (χ3n) is 4.63. The molecule has 1 aliphatic heterocycles. The SMILES string of the molecule is Cc1cc(N2C(=O)C(=O)C(=C(O)c3ccc(Br)cc3)[C@@H]2c2ccc(O)cc2)no1. The highest BCUT2D eigenvalue weighted by Crippen LogP contribution is 2.42. The molecule has 1 atom stereocenters. The van der Waals surface area contributed by atoms with Crippen LogP contribution in [0.3, 0.4) is 0 Å². The van der Waals surface area contributed by atoms with Crippen molar-refractivity contribution < 1.29 is 24.3 Å². The van der Waals surface area contributed by atoms with E-state index in [2.05, 4.69) is 21.1 Å². The number of rotatable bonds is 3. The molecule has 29 heavy (non-hydrogen) atoms. The van der Waals surface area contributed by atoms with Gasteiger partial charge in [0.15, 0.2) is 5.82 Å². The second-order valence-electron chi connectivity index (χ2n) is 6.56. The third-order valence-corrected chi connectivity index (χ3v) is 5.16. The van der Waals surface area contributed by atoms with Crippen molar-refractivity contribution in [3.8, 4) is 5.75 Å². The lowest BCUT2D eigenvalue weighted by Crippen LogP contribution is -2.29. The van der Waals surface area contributed by atoms with Gasteiger partial charge in [-0.3, -0.25) is 14.5 Å². The lowest BCUT2D eigenvalue weighted by atomic mass is 9.95. The Labute approximate surface area is 174 Å². The van der Waals surface area contributed by atoms with Crippen LogP contribution < -0.4 is 4.90 Å². The van der Waals surface area contributed by atoms with Gasteiger partial charge in [0.2, 0.25) is 0 Å². The lowest BCUT2D eigenvalue weighted by Gasteiger charge is -2.22. The number of hydrogen-bond acceptors (Lipinski definition) is 6. The molecule has 0 spiro atoms. The molecule has 1 amide bonds. The van der Waals surface area contributed by atoms with E-state index >= 15 is 0 Å². The molecule has 4 rings (SSSR count). The second kappa shape index (κ2) is 7.21. The number of aryl methyl sites for hydroxylation is 1. The van der Waals surface area contributed by atoms with E-state index in [0.29, 0.717) is 16.9 Å². The fraction of sp³-hybridized carbons (Fsp3) is 0.0952. The molecule has 0 bridgehead atoms. The van der Waals surface area contributed by atoms with Crippen LogP contribution in [0.15, 0.2) is 69.2 Å². The Kier molecular flexibility index (Phi) is 4.71. The Bertz CT molecular complexity index is 1130. The number of aromatic hydroxyl groups is 1. The van der Waals surface area contributed by atoms with E-state index in [1.54, 1.807) is 43.3 Å². The summed E-state index contributed by atoms with van der Waals surface area (Å²) in [4.78, 5) is 27.0. The number of hydrogen-bond donors (Lipinski definition) is 2. The van der Waals surface area contributed by atoms with E-state index in [1.165, 1.54) is 23.1 Å². The number of benzene rings is 2. The minimum atomic E-state index is -0.927. The summed E-state index contributed by atoms with van der Waals surface area (Å²) in [7, 11) is 0. The van der Waals surface area contributed by atoms with Gasteiger partial charge in [0.1, 0.15) is 17.3 Å². The Balaban J connectivity index is 1.93. The van der Waals surface area contributed by atoms with Gasteiger partial charge >= 0.3 is 5.91 Å². The molecule has 0 saturated carbocycles. The van der Waals surface area contributed by atoms with Crippen LogP contribution in [-0.4, -0.2) is 27.1 Å². The molecule has 1 fully saturated rings. The average molecular weight is 455 g/mol. The molecule has 8 heteroatoms. The minimum Gasteiger partial charge on any atom is -0.508 e. The van der Waals surface area contributed by atoms with E-state index in [9.17, 15) is 19.8 Å². The molecule has 1 saturated heterocycles. The number of aliphatic hydroxyl groups excluding tert-OH is 1. The predicted octanol–water partition coefficient (Wildman–Crippen LogP) is 4.08. The standard InChI is InChI=1S/C21H15BrN2O5/c1-11-10-16(23-29-11)24-18(12-4-8-15(25)9-5-12)17(20(27)21(24)28)19(26)13-2-6-14(22)7-3-13/h2-10,18,25-26H,1H3/t18-/m0/s1. The van der Waals surface area contributed by atoms with Gasteiger partial charge in [0.05, 0.1) is 11.6 Å². The first-order valence-corrected chi connectivity index (χ1v) is 9.45. The molecule has 146 valence electrons. The maximum atomic E-state index is 12.9. The number of Topliss-reactive ketones (excluding diaryl/α,β-unsaturated/α-hetero) is 1. The highest BCUT2D eigenvalue weighted by atomic mass is 79.9. The van der Waals surface area contributed by atoms with Crippen molar-refractivity contribution in [2.45, 2.75) is 13.0 Å². The number of aromatic nitrogens is 1. The number of halogens is 1. The van der Waals surface area contributed by atoms with Crippen molar-refractivity contribution in [1.82, 2.24) is 5.16 Å². The fourth-order valence-electron chi connectivity index (χ4n) is 3.27. The van der Waals surface area contributed by atoms with E-state index in [-0.39, 0.29) is 22.9 Å². The van der Waals surface area contributed by atoms with Gasteiger partial charge in [-0.25, -0.2) is 0 Å². The first kappa shape index (κ1) is 18.9. The summed E-state index contributed by atoms with van der Waals surface area (Å²) in [6, 6.07) is 13.4. The number of aliphatic hydroxyl groups is 1. The molecule has 2 N–H and O–H groups in total. The Hall–Kier alpha value is -3.39. The summed E-state index contributed by atoms with van der Waals surface area (Å²) in [5.74, 6) is -1.27. The normalized spacial score (nSPS) is 18.4. The summed E-state index contributed by atoms with van der Waals surface area (Å²) in [5.41, 5.74) is 0.858. The van der Waals surface area contributed by atoms with Crippen molar-refractivity contribution >= 4 is 39.2 Å². The van der Waals surface area contributed by atoms with Gasteiger partial charge in [0.25, 0.3) is 5.78 Å². The van der Waals surface area contributed by atoms with E-state index in [1.807, 2.05) is 0 Å². The molecular weight excluding hydrogens is 440 g/mol. The summed E-state index contributed by atoms with van der Waals surface area (Å²) in [6.07, 6.45) is 0. The Morgan fingerprint density at radius 1 is 1.10 bits per heavy atom.